The molecule has 2 nitrogen and oxygen atoms in total. The summed E-state index contributed by atoms with van der Waals surface area (Å²) in [5.41, 5.74) is 2.84. The van der Waals surface area contributed by atoms with Crippen LogP contribution in [0.3, 0.4) is 0 Å². The second-order valence-corrected chi connectivity index (χ2v) is 5.68. The van der Waals surface area contributed by atoms with Gasteiger partial charge in [0.2, 0.25) is 0 Å². The van der Waals surface area contributed by atoms with Gasteiger partial charge in [-0.3, -0.25) is 0 Å². The maximum Gasteiger partial charge on any atom is 0.141 e. The van der Waals surface area contributed by atoms with Crippen molar-refractivity contribution in [1.29, 1.82) is 0 Å². The predicted octanol–water partition coefficient (Wildman–Crippen LogP) is 4.43. The highest BCUT2D eigenvalue weighted by Crippen LogP contribution is 2.35. The Labute approximate surface area is 128 Å². The van der Waals surface area contributed by atoms with E-state index < -0.39 is 11.9 Å². The van der Waals surface area contributed by atoms with Crippen LogP contribution in [0.25, 0.3) is 0 Å². The maximum absolute atomic E-state index is 13.1. The van der Waals surface area contributed by atoms with E-state index >= 15 is 0 Å². The summed E-state index contributed by atoms with van der Waals surface area (Å²) in [6.07, 6.45) is 2.26. The number of hydrogen-bond acceptors (Lipinski definition) is 2. The fourth-order valence-electron chi connectivity index (χ4n) is 2.72. The van der Waals surface area contributed by atoms with Gasteiger partial charge >= 0.3 is 0 Å². The van der Waals surface area contributed by atoms with Gasteiger partial charge in [-0.1, -0.05) is 29.8 Å². The Morgan fingerprint density at radius 2 is 2.14 bits per heavy atom. The third-order valence-electron chi connectivity index (χ3n) is 3.81. The number of aliphatic hydroxyl groups excluding tert-OH is 1. The first-order chi connectivity index (χ1) is 10.1. The van der Waals surface area contributed by atoms with Crippen LogP contribution in [-0.2, 0) is 13.0 Å². The Balaban J connectivity index is 1.79. The van der Waals surface area contributed by atoms with Crippen molar-refractivity contribution in [2.45, 2.75) is 32.0 Å². The summed E-state index contributed by atoms with van der Waals surface area (Å²) in [4.78, 5) is 0. The Morgan fingerprint density at radius 1 is 1.29 bits per heavy atom. The summed E-state index contributed by atoms with van der Waals surface area (Å²) in [7, 11) is 0. The lowest BCUT2D eigenvalue weighted by molar-refractivity contribution is 0.155. The van der Waals surface area contributed by atoms with Crippen molar-refractivity contribution in [2.24, 2.45) is 0 Å². The van der Waals surface area contributed by atoms with E-state index in [1.807, 2.05) is 18.2 Å². The highest BCUT2D eigenvalue weighted by molar-refractivity contribution is 6.30. The number of halogens is 2. The van der Waals surface area contributed by atoms with Crippen LogP contribution < -0.4 is 4.74 Å². The molecule has 0 radical (unpaired) electrons. The molecule has 0 bridgehead atoms. The summed E-state index contributed by atoms with van der Waals surface area (Å²) < 4.78 is 19.0. The zero-order chi connectivity index (χ0) is 14.8. The van der Waals surface area contributed by atoms with E-state index in [0.29, 0.717) is 6.61 Å². The van der Waals surface area contributed by atoms with E-state index in [-0.39, 0.29) is 5.02 Å². The molecule has 0 saturated carbocycles. The quantitative estimate of drug-likeness (QED) is 0.909. The molecule has 4 heteroatoms. The maximum atomic E-state index is 13.1. The Kier molecular flexibility index (Phi) is 4.13. The van der Waals surface area contributed by atoms with Crippen molar-refractivity contribution in [3.63, 3.8) is 0 Å². The van der Waals surface area contributed by atoms with E-state index in [4.69, 9.17) is 16.3 Å². The number of aliphatic hydroxyl groups is 1. The minimum atomic E-state index is -0.430. The van der Waals surface area contributed by atoms with Gasteiger partial charge in [0.05, 0.1) is 11.1 Å². The normalized spacial score (nSPS) is 17.4. The van der Waals surface area contributed by atoms with E-state index in [1.54, 1.807) is 12.1 Å². The van der Waals surface area contributed by atoms with Gasteiger partial charge < -0.3 is 9.84 Å². The smallest absolute Gasteiger partial charge is 0.141 e. The molecule has 2 aromatic rings. The molecule has 21 heavy (non-hydrogen) atoms. The van der Waals surface area contributed by atoms with E-state index in [9.17, 15) is 9.50 Å². The first-order valence-corrected chi connectivity index (χ1v) is 7.39. The predicted molar refractivity (Wildman–Crippen MR) is 80.1 cm³/mol. The van der Waals surface area contributed by atoms with Crippen molar-refractivity contribution in [2.75, 3.05) is 0 Å². The molecule has 0 aliphatic heterocycles. The molecule has 0 aromatic heterocycles. The van der Waals surface area contributed by atoms with Crippen LogP contribution in [0.5, 0.6) is 5.75 Å². The van der Waals surface area contributed by atoms with Crippen molar-refractivity contribution < 1.29 is 14.2 Å². The molecule has 1 N–H and O–H groups in total. The molecule has 0 fully saturated rings. The van der Waals surface area contributed by atoms with Crippen LogP contribution in [0.2, 0.25) is 5.02 Å². The van der Waals surface area contributed by atoms with Gasteiger partial charge in [-0.25, -0.2) is 4.39 Å². The minimum Gasteiger partial charge on any atom is -0.489 e. The van der Waals surface area contributed by atoms with Crippen LogP contribution in [0.4, 0.5) is 4.39 Å². The average molecular weight is 307 g/mol. The molecule has 0 saturated heterocycles. The van der Waals surface area contributed by atoms with Crippen LogP contribution in [0.1, 0.15) is 35.6 Å². The van der Waals surface area contributed by atoms with Gasteiger partial charge in [0, 0.05) is 0 Å². The molecular formula is C17H16ClFO2. The summed E-state index contributed by atoms with van der Waals surface area (Å²) in [5, 5.41) is 10.1. The third-order valence-corrected chi connectivity index (χ3v) is 4.10. The molecule has 1 aliphatic carbocycles. The van der Waals surface area contributed by atoms with Crippen LogP contribution in [0, 0.1) is 5.82 Å². The number of rotatable bonds is 3. The summed E-state index contributed by atoms with van der Waals surface area (Å²) in [6.45, 7) is 0.326. The van der Waals surface area contributed by atoms with Gasteiger partial charge in [0.1, 0.15) is 18.2 Å². The molecule has 0 spiro atoms. The summed E-state index contributed by atoms with van der Waals surface area (Å²) in [5.74, 6) is 0.354. The second kappa shape index (κ2) is 6.04. The molecule has 0 heterocycles. The van der Waals surface area contributed by atoms with Crippen LogP contribution in [-0.4, -0.2) is 5.11 Å². The minimum absolute atomic E-state index is 0.0987. The van der Waals surface area contributed by atoms with E-state index in [2.05, 4.69) is 0 Å². The SMILES string of the molecule is OC1CCCc2c(OCc3ccc(F)c(Cl)c3)cccc21. The monoisotopic (exact) mass is 306 g/mol. The van der Waals surface area contributed by atoms with Crippen LogP contribution in [0.15, 0.2) is 36.4 Å². The zero-order valence-corrected chi connectivity index (χ0v) is 12.2. The first-order valence-electron chi connectivity index (χ1n) is 7.02. The van der Waals surface area contributed by atoms with Gasteiger partial charge in [0.15, 0.2) is 0 Å². The average Bonchev–Trinajstić information content (AvgIpc) is 2.49. The summed E-state index contributed by atoms with van der Waals surface area (Å²) in [6, 6.07) is 10.3. The number of fused-ring (bicyclic) bond motifs is 1. The molecule has 1 aliphatic rings. The fourth-order valence-corrected chi connectivity index (χ4v) is 2.92. The van der Waals surface area contributed by atoms with Crippen molar-refractivity contribution >= 4 is 11.6 Å². The number of hydrogen-bond donors (Lipinski definition) is 1. The fraction of sp³-hybridized carbons (Fsp3) is 0.294. The molecule has 1 atom stereocenters. The Bertz CT molecular complexity index is 657. The largest absolute Gasteiger partial charge is 0.489 e. The molecular weight excluding hydrogens is 291 g/mol. The van der Waals surface area contributed by atoms with Gasteiger partial charge in [-0.05, 0) is 54.2 Å². The van der Waals surface area contributed by atoms with Gasteiger partial charge in [-0.2, -0.15) is 0 Å². The lowest BCUT2D eigenvalue weighted by atomic mass is 9.89. The standard InChI is InChI=1S/C17H16ClFO2/c18-14-9-11(7-8-15(14)19)10-21-17-6-2-3-12-13(17)4-1-5-16(12)20/h2-3,6-9,16,20H,1,4-5,10H2. The molecule has 3 rings (SSSR count). The Hall–Kier alpha value is -1.58. The highest BCUT2D eigenvalue weighted by Gasteiger charge is 2.20. The highest BCUT2D eigenvalue weighted by atomic mass is 35.5. The summed E-state index contributed by atoms with van der Waals surface area (Å²) >= 11 is 5.77. The Morgan fingerprint density at radius 3 is 2.95 bits per heavy atom. The van der Waals surface area contributed by atoms with Crippen molar-refractivity contribution in [3.05, 3.63) is 63.9 Å². The van der Waals surface area contributed by atoms with Crippen molar-refractivity contribution in [3.8, 4) is 5.75 Å². The van der Waals surface area contributed by atoms with Crippen molar-refractivity contribution in [1.82, 2.24) is 0 Å². The van der Waals surface area contributed by atoms with Crippen LogP contribution >= 0.6 is 11.6 Å². The second-order valence-electron chi connectivity index (χ2n) is 5.27. The first kappa shape index (κ1) is 14.4. The lowest BCUT2D eigenvalue weighted by Crippen LogP contribution is -2.11. The van der Waals surface area contributed by atoms with Gasteiger partial charge in [-0.15, -0.1) is 0 Å². The third kappa shape index (κ3) is 3.04. The van der Waals surface area contributed by atoms with E-state index in [0.717, 1.165) is 41.7 Å². The zero-order valence-electron chi connectivity index (χ0n) is 11.5. The number of ether oxygens (including phenoxy) is 1. The molecule has 2 aromatic carbocycles. The van der Waals surface area contributed by atoms with E-state index in [1.165, 1.54) is 6.07 Å². The molecule has 110 valence electrons. The topological polar surface area (TPSA) is 29.5 Å². The van der Waals surface area contributed by atoms with Gasteiger partial charge in [0.25, 0.3) is 0 Å². The number of benzene rings is 2. The lowest BCUT2D eigenvalue weighted by Gasteiger charge is -2.23. The molecule has 1 unspecified atom stereocenters. The molecule has 0 amide bonds.